The van der Waals surface area contributed by atoms with Crippen LogP contribution >= 0.6 is 0 Å². The molecule has 6 nitrogen and oxygen atoms in total. The van der Waals surface area contributed by atoms with Crippen LogP contribution in [0.2, 0.25) is 0 Å². The van der Waals surface area contributed by atoms with E-state index >= 15 is 0 Å². The van der Waals surface area contributed by atoms with Crippen molar-refractivity contribution in [2.45, 2.75) is 38.8 Å². The number of benzene rings is 2. The van der Waals surface area contributed by atoms with Crippen LogP contribution in [0.3, 0.4) is 0 Å². The third-order valence-corrected chi connectivity index (χ3v) is 4.43. The summed E-state index contributed by atoms with van der Waals surface area (Å²) in [7, 11) is 3.12. The lowest BCUT2D eigenvalue weighted by Gasteiger charge is -2.16. The number of nitrogens with one attached hydrogen (secondary N) is 1. The van der Waals surface area contributed by atoms with Crippen LogP contribution in [0.1, 0.15) is 37.3 Å². The molecule has 2 aromatic carbocycles. The first-order valence-corrected chi connectivity index (χ1v) is 9.17. The minimum Gasteiger partial charge on any atom is -0.493 e. The van der Waals surface area contributed by atoms with Gasteiger partial charge in [0.1, 0.15) is 0 Å². The van der Waals surface area contributed by atoms with Crippen molar-refractivity contribution in [3.63, 3.8) is 0 Å². The van der Waals surface area contributed by atoms with E-state index in [1.54, 1.807) is 33.3 Å². The molecule has 2 aromatic rings. The van der Waals surface area contributed by atoms with E-state index in [2.05, 4.69) is 5.32 Å². The van der Waals surface area contributed by atoms with Crippen molar-refractivity contribution >= 4 is 11.9 Å². The van der Waals surface area contributed by atoms with Crippen LogP contribution in [0, 0.1) is 0 Å². The second-order valence-corrected chi connectivity index (χ2v) is 6.56. The molecule has 0 radical (unpaired) electrons. The summed E-state index contributed by atoms with van der Waals surface area (Å²) in [5, 5.41) is 2.77. The highest BCUT2D eigenvalue weighted by atomic mass is 16.5. The average Bonchev–Trinajstić information content (AvgIpc) is 2.72. The summed E-state index contributed by atoms with van der Waals surface area (Å²) in [6.07, 6.45) is -0.646. The van der Waals surface area contributed by atoms with E-state index < -0.39 is 12.1 Å². The molecule has 150 valence electrons. The van der Waals surface area contributed by atoms with E-state index in [0.717, 1.165) is 11.1 Å². The van der Waals surface area contributed by atoms with Crippen LogP contribution < -0.4 is 14.8 Å². The Labute approximate surface area is 165 Å². The quantitative estimate of drug-likeness (QED) is 0.670. The van der Waals surface area contributed by atoms with E-state index in [4.69, 9.17) is 14.2 Å². The van der Waals surface area contributed by atoms with Crippen LogP contribution in [-0.2, 0) is 20.9 Å². The summed E-state index contributed by atoms with van der Waals surface area (Å²) in [4.78, 5) is 24.4. The highest BCUT2D eigenvalue weighted by Crippen LogP contribution is 2.27. The Morgan fingerprint density at radius 2 is 1.64 bits per heavy atom. The minimum absolute atomic E-state index is 0.0238. The maximum atomic E-state index is 12.2. The first-order chi connectivity index (χ1) is 13.4. The van der Waals surface area contributed by atoms with E-state index in [9.17, 15) is 9.59 Å². The Morgan fingerprint density at radius 3 is 2.29 bits per heavy atom. The molecule has 0 bridgehead atoms. The first kappa shape index (κ1) is 21.3. The smallest absolute Gasteiger partial charge is 0.307 e. The van der Waals surface area contributed by atoms with E-state index in [-0.39, 0.29) is 18.2 Å². The van der Waals surface area contributed by atoms with Gasteiger partial charge in [-0.3, -0.25) is 9.59 Å². The molecule has 0 unspecified atom stereocenters. The summed E-state index contributed by atoms with van der Waals surface area (Å²) in [5.74, 6) is 0.479. The van der Waals surface area contributed by atoms with Crippen molar-refractivity contribution in [3.05, 3.63) is 59.7 Å². The van der Waals surface area contributed by atoms with Crippen molar-refractivity contribution < 1.29 is 23.8 Å². The fourth-order valence-corrected chi connectivity index (χ4v) is 2.77. The molecule has 1 amide bonds. The average molecular weight is 385 g/mol. The molecule has 2 rings (SSSR count). The number of carbonyl (C=O) groups excluding carboxylic acids is 2. The molecule has 0 spiro atoms. The Morgan fingerprint density at radius 1 is 0.964 bits per heavy atom. The number of hydrogen-bond acceptors (Lipinski definition) is 5. The van der Waals surface area contributed by atoms with Gasteiger partial charge in [-0.2, -0.15) is 0 Å². The minimum atomic E-state index is -0.865. The zero-order valence-electron chi connectivity index (χ0n) is 16.7. The van der Waals surface area contributed by atoms with Gasteiger partial charge in [0.2, 0.25) is 0 Å². The highest BCUT2D eigenvalue weighted by molar-refractivity contribution is 5.83. The molecule has 0 aliphatic carbocycles. The maximum absolute atomic E-state index is 12.2. The number of esters is 1. The SMILES string of the molecule is COc1ccc(CNC(=O)[C@H](C)OC(=O)C[C@H](C)c2ccccc2)cc1OC. The molecule has 0 heterocycles. The van der Waals surface area contributed by atoms with Crippen molar-refractivity contribution in [3.8, 4) is 11.5 Å². The Bertz CT molecular complexity index is 791. The summed E-state index contributed by atoms with van der Waals surface area (Å²) in [6, 6.07) is 15.1. The number of ether oxygens (including phenoxy) is 3. The Balaban J connectivity index is 1.83. The van der Waals surface area contributed by atoms with Gasteiger partial charge in [0, 0.05) is 6.54 Å². The van der Waals surface area contributed by atoms with E-state index in [1.165, 1.54) is 0 Å². The van der Waals surface area contributed by atoms with Crippen LogP contribution in [0.4, 0.5) is 0 Å². The topological polar surface area (TPSA) is 73.9 Å². The molecule has 2 atom stereocenters. The second-order valence-electron chi connectivity index (χ2n) is 6.56. The normalized spacial score (nSPS) is 12.6. The van der Waals surface area contributed by atoms with Crippen molar-refractivity contribution in [1.29, 1.82) is 0 Å². The molecule has 0 aliphatic rings. The summed E-state index contributed by atoms with van der Waals surface area (Å²) >= 11 is 0. The maximum Gasteiger partial charge on any atom is 0.307 e. The predicted octanol–water partition coefficient (Wildman–Crippen LogP) is 3.45. The lowest BCUT2D eigenvalue weighted by atomic mass is 9.98. The summed E-state index contributed by atoms with van der Waals surface area (Å²) < 4.78 is 15.7. The number of hydrogen-bond donors (Lipinski definition) is 1. The van der Waals surface area contributed by atoms with Crippen molar-refractivity contribution in [1.82, 2.24) is 5.32 Å². The fraction of sp³-hybridized carbons (Fsp3) is 0.364. The van der Waals surface area contributed by atoms with Gasteiger partial charge in [0.05, 0.1) is 20.6 Å². The Kier molecular flexibility index (Phi) is 7.87. The monoisotopic (exact) mass is 385 g/mol. The third-order valence-electron chi connectivity index (χ3n) is 4.43. The number of methoxy groups -OCH3 is 2. The molecule has 6 heteroatoms. The molecule has 28 heavy (non-hydrogen) atoms. The van der Waals surface area contributed by atoms with Gasteiger partial charge in [-0.15, -0.1) is 0 Å². The lowest BCUT2D eigenvalue weighted by Crippen LogP contribution is -2.35. The number of carbonyl (C=O) groups is 2. The van der Waals surface area contributed by atoms with Gasteiger partial charge in [-0.25, -0.2) is 0 Å². The zero-order valence-corrected chi connectivity index (χ0v) is 16.7. The van der Waals surface area contributed by atoms with Gasteiger partial charge in [0.15, 0.2) is 17.6 Å². The summed E-state index contributed by atoms with van der Waals surface area (Å²) in [6.45, 7) is 3.81. The van der Waals surface area contributed by atoms with E-state index in [1.807, 2.05) is 43.3 Å². The predicted molar refractivity (Wildman–Crippen MR) is 106 cm³/mol. The van der Waals surface area contributed by atoms with Crippen molar-refractivity contribution in [2.75, 3.05) is 14.2 Å². The fourth-order valence-electron chi connectivity index (χ4n) is 2.77. The number of rotatable bonds is 9. The molecule has 0 saturated carbocycles. The van der Waals surface area contributed by atoms with Crippen LogP contribution in [0.25, 0.3) is 0 Å². The Hall–Kier alpha value is -3.02. The summed E-state index contributed by atoms with van der Waals surface area (Å²) in [5.41, 5.74) is 1.91. The standard InChI is InChI=1S/C22H27NO5/c1-15(18-8-6-5-7-9-18)12-21(24)28-16(2)22(25)23-14-17-10-11-19(26-3)20(13-17)27-4/h5-11,13,15-16H,12,14H2,1-4H3,(H,23,25)/t15-,16-/m0/s1. The molecule has 0 fully saturated rings. The van der Waals surface area contributed by atoms with Gasteiger partial charge in [0.25, 0.3) is 5.91 Å². The number of amides is 1. The zero-order chi connectivity index (χ0) is 20.5. The molecule has 1 N–H and O–H groups in total. The molecule has 0 saturated heterocycles. The van der Waals surface area contributed by atoms with Crippen LogP contribution in [0.5, 0.6) is 11.5 Å². The highest BCUT2D eigenvalue weighted by Gasteiger charge is 2.20. The first-order valence-electron chi connectivity index (χ1n) is 9.17. The largest absolute Gasteiger partial charge is 0.493 e. The third kappa shape index (κ3) is 6.01. The molecule has 0 aromatic heterocycles. The molecule has 0 aliphatic heterocycles. The second kappa shape index (κ2) is 10.3. The van der Waals surface area contributed by atoms with Gasteiger partial charge >= 0.3 is 5.97 Å². The van der Waals surface area contributed by atoms with Crippen molar-refractivity contribution in [2.24, 2.45) is 0 Å². The van der Waals surface area contributed by atoms with Gasteiger partial charge < -0.3 is 19.5 Å². The van der Waals surface area contributed by atoms with E-state index in [0.29, 0.717) is 18.0 Å². The van der Waals surface area contributed by atoms with Crippen LogP contribution in [0.15, 0.2) is 48.5 Å². The molecular weight excluding hydrogens is 358 g/mol. The molecular formula is C22H27NO5. The van der Waals surface area contributed by atoms with Crippen LogP contribution in [-0.4, -0.2) is 32.2 Å². The lowest BCUT2D eigenvalue weighted by molar-refractivity contribution is -0.155. The van der Waals surface area contributed by atoms with Gasteiger partial charge in [-0.1, -0.05) is 43.3 Å². The van der Waals surface area contributed by atoms with Gasteiger partial charge in [-0.05, 0) is 36.1 Å².